The molecule has 0 aliphatic carbocycles. The van der Waals surface area contributed by atoms with Crippen LogP contribution in [0.3, 0.4) is 0 Å². The van der Waals surface area contributed by atoms with Crippen molar-refractivity contribution in [3.8, 4) is 5.75 Å². The summed E-state index contributed by atoms with van der Waals surface area (Å²) in [7, 11) is 0. The monoisotopic (exact) mass is 429 g/mol. The Labute approximate surface area is 178 Å². The Morgan fingerprint density at radius 2 is 1.90 bits per heavy atom. The molecule has 0 spiro atoms. The fraction of sp³-hybridized carbons (Fsp3) is 0.409. The lowest BCUT2D eigenvalue weighted by Crippen LogP contribution is -2.39. The molecular weight excluding hydrogens is 404 g/mol. The average molecular weight is 429 g/mol. The molecule has 164 valence electrons. The Hall–Kier alpha value is -3.07. The number of anilines is 2. The number of nitrogens with zero attached hydrogens (tertiary/aromatic N) is 4. The van der Waals surface area contributed by atoms with Crippen LogP contribution in [-0.4, -0.2) is 44.9 Å². The number of piperidine rings is 1. The lowest BCUT2D eigenvalue weighted by molar-refractivity contribution is 0.0800. The van der Waals surface area contributed by atoms with Gasteiger partial charge in [-0.05, 0) is 32.0 Å². The molecular formula is C22H25F2N5O2. The summed E-state index contributed by atoms with van der Waals surface area (Å²) >= 11 is 0. The van der Waals surface area contributed by atoms with Gasteiger partial charge in [-0.1, -0.05) is 0 Å². The van der Waals surface area contributed by atoms with Gasteiger partial charge in [0, 0.05) is 44.1 Å². The molecule has 2 aromatic heterocycles. The number of halogens is 2. The van der Waals surface area contributed by atoms with Crippen LogP contribution >= 0.6 is 0 Å². The quantitative estimate of drug-likeness (QED) is 0.643. The van der Waals surface area contributed by atoms with Crippen LogP contribution in [0, 0.1) is 11.6 Å². The van der Waals surface area contributed by atoms with Crippen LogP contribution < -0.4 is 15.4 Å². The number of rotatable bonds is 5. The third kappa shape index (κ3) is 4.99. The molecule has 1 aromatic carbocycles. The highest BCUT2D eigenvalue weighted by molar-refractivity contribution is 5.79. The Kier molecular flexibility index (Phi) is 5.62. The fourth-order valence-electron chi connectivity index (χ4n) is 3.71. The topological polar surface area (TPSA) is 97.4 Å². The molecule has 0 amide bonds. The molecule has 3 N–H and O–H groups in total. The van der Waals surface area contributed by atoms with E-state index in [1.807, 2.05) is 11.0 Å². The summed E-state index contributed by atoms with van der Waals surface area (Å²) < 4.78 is 32.9. The zero-order chi connectivity index (χ0) is 22.2. The first-order valence-electron chi connectivity index (χ1n) is 10.2. The van der Waals surface area contributed by atoms with Crippen LogP contribution in [0.15, 0.2) is 30.5 Å². The number of nitrogens with two attached hydrogens (primary N) is 1. The summed E-state index contributed by atoms with van der Waals surface area (Å²) in [6.45, 7) is 4.63. The van der Waals surface area contributed by atoms with Gasteiger partial charge in [-0.2, -0.15) is 0 Å². The molecule has 1 aliphatic heterocycles. The van der Waals surface area contributed by atoms with Gasteiger partial charge >= 0.3 is 0 Å². The number of aromatic nitrogens is 3. The number of ether oxygens (including phenoxy) is 1. The van der Waals surface area contributed by atoms with Crippen LogP contribution in [0.2, 0.25) is 0 Å². The highest BCUT2D eigenvalue weighted by atomic mass is 19.1. The Bertz CT molecular complexity index is 1100. The number of pyridine rings is 1. The maximum Gasteiger partial charge on any atom is 0.172 e. The van der Waals surface area contributed by atoms with E-state index in [1.165, 1.54) is 0 Å². The van der Waals surface area contributed by atoms with Gasteiger partial charge in [0.2, 0.25) is 0 Å². The van der Waals surface area contributed by atoms with Gasteiger partial charge in [0.1, 0.15) is 17.4 Å². The molecule has 31 heavy (non-hydrogen) atoms. The Morgan fingerprint density at radius 3 is 2.61 bits per heavy atom. The van der Waals surface area contributed by atoms with Gasteiger partial charge in [-0.25, -0.2) is 18.7 Å². The van der Waals surface area contributed by atoms with E-state index in [2.05, 4.69) is 9.97 Å². The summed E-state index contributed by atoms with van der Waals surface area (Å²) in [5.41, 5.74) is 7.22. The van der Waals surface area contributed by atoms with E-state index in [0.29, 0.717) is 60.7 Å². The van der Waals surface area contributed by atoms with Crippen molar-refractivity contribution in [3.63, 3.8) is 0 Å². The minimum atomic E-state index is -0.881. The third-order valence-corrected chi connectivity index (χ3v) is 5.16. The highest BCUT2D eigenvalue weighted by Gasteiger charge is 2.25. The summed E-state index contributed by atoms with van der Waals surface area (Å²) in [6, 6.07) is 5.00. The Balaban J connectivity index is 1.49. The van der Waals surface area contributed by atoms with Crippen LogP contribution in [0.25, 0.3) is 11.0 Å². The van der Waals surface area contributed by atoms with E-state index in [4.69, 9.17) is 15.5 Å². The SMILES string of the molecule is CC(C)(O)Cc1cc2nc(N3CCC(Oc4cc(F)ccc4F)CC3)c(N)nc2cn1. The van der Waals surface area contributed by atoms with E-state index < -0.39 is 17.2 Å². The van der Waals surface area contributed by atoms with Crippen molar-refractivity contribution in [1.82, 2.24) is 15.0 Å². The predicted octanol–water partition coefficient (Wildman–Crippen LogP) is 3.25. The summed E-state index contributed by atoms with van der Waals surface area (Å²) in [6.07, 6.45) is 2.98. The van der Waals surface area contributed by atoms with E-state index in [9.17, 15) is 13.9 Å². The first-order valence-corrected chi connectivity index (χ1v) is 10.2. The number of hydrogen-bond donors (Lipinski definition) is 2. The van der Waals surface area contributed by atoms with Gasteiger partial charge in [0.05, 0.1) is 17.3 Å². The largest absolute Gasteiger partial charge is 0.487 e. The predicted molar refractivity (Wildman–Crippen MR) is 114 cm³/mol. The molecule has 0 saturated carbocycles. The average Bonchev–Trinajstić information content (AvgIpc) is 2.70. The van der Waals surface area contributed by atoms with Crippen molar-refractivity contribution >= 4 is 22.7 Å². The van der Waals surface area contributed by atoms with Crippen molar-refractivity contribution in [1.29, 1.82) is 0 Å². The van der Waals surface area contributed by atoms with Crippen LogP contribution in [0.5, 0.6) is 5.75 Å². The van der Waals surface area contributed by atoms with E-state index in [0.717, 1.165) is 18.2 Å². The van der Waals surface area contributed by atoms with Gasteiger partial charge in [0.25, 0.3) is 0 Å². The minimum Gasteiger partial charge on any atom is -0.487 e. The summed E-state index contributed by atoms with van der Waals surface area (Å²) in [4.78, 5) is 15.5. The second kappa shape index (κ2) is 8.22. The van der Waals surface area contributed by atoms with Crippen molar-refractivity contribution in [2.24, 2.45) is 0 Å². The van der Waals surface area contributed by atoms with Gasteiger partial charge in [0.15, 0.2) is 23.2 Å². The number of nitrogen functional groups attached to an aromatic ring is 1. The third-order valence-electron chi connectivity index (χ3n) is 5.16. The molecule has 0 atom stereocenters. The lowest BCUT2D eigenvalue weighted by Gasteiger charge is -2.33. The minimum absolute atomic E-state index is 0.0738. The fourth-order valence-corrected chi connectivity index (χ4v) is 3.71. The van der Waals surface area contributed by atoms with Gasteiger partial charge < -0.3 is 20.5 Å². The normalized spacial score (nSPS) is 15.5. The summed E-state index contributed by atoms with van der Waals surface area (Å²) in [5.74, 6) is -0.311. The lowest BCUT2D eigenvalue weighted by atomic mass is 10.0. The molecule has 3 aromatic rings. The molecule has 1 aliphatic rings. The first-order chi connectivity index (χ1) is 14.7. The first kappa shape index (κ1) is 21.2. The second-order valence-electron chi connectivity index (χ2n) is 8.47. The molecule has 1 saturated heterocycles. The van der Waals surface area contributed by atoms with Crippen LogP contribution in [0.4, 0.5) is 20.4 Å². The highest BCUT2D eigenvalue weighted by Crippen LogP contribution is 2.28. The molecule has 1 fully saturated rings. The molecule has 7 nitrogen and oxygen atoms in total. The number of fused-ring (bicyclic) bond motifs is 1. The van der Waals surface area contributed by atoms with Gasteiger partial charge in [-0.3, -0.25) is 4.98 Å². The molecule has 4 rings (SSSR count). The van der Waals surface area contributed by atoms with E-state index in [1.54, 1.807) is 20.0 Å². The van der Waals surface area contributed by atoms with Crippen molar-refractivity contribution in [2.45, 2.75) is 44.8 Å². The van der Waals surface area contributed by atoms with Crippen molar-refractivity contribution in [2.75, 3.05) is 23.7 Å². The molecule has 0 bridgehead atoms. The number of hydrogen-bond acceptors (Lipinski definition) is 7. The zero-order valence-corrected chi connectivity index (χ0v) is 17.5. The molecule has 0 unspecified atom stereocenters. The van der Waals surface area contributed by atoms with E-state index in [-0.39, 0.29) is 11.9 Å². The molecule has 9 heteroatoms. The standard InChI is InChI=1S/C22H25F2N5O2/c1-22(2,30)11-14-10-17-18(12-26-14)27-20(25)21(28-17)29-7-5-15(6-8-29)31-19-9-13(23)3-4-16(19)24/h3-4,9-10,12,15,30H,5-8,11H2,1-2H3,(H2,25,27). The molecule has 0 radical (unpaired) electrons. The van der Waals surface area contributed by atoms with E-state index >= 15 is 0 Å². The summed E-state index contributed by atoms with van der Waals surface area (Å²) in [5, 5.41) is 10.0. The van der Waals surface area contributed by atoms with Gasteiger partial charge in [-0.15, -0.1) is 0 Å². The smallest absolute Gasteiger partial charge is 0.172 e. The van der Waals surface area contributed by atoms with Crippen molar-refractivity contribution in [3.05, 3.63) is 47.8 Å². The Morgan fingerprint density at radius 1 is 1.16 bits per heavy atom. The number of benzene rings is 1. The maximum atomic E-state index is 13.8. The van der Waals surface area contributed by atoms with Crippen LogP contribution in [0.1, 0.15) is 32.4 Å². The van der Waals surface area contributed by atoms with Crippen molar-refractivity contribution < 1.29 is 18.6 Å². The zero-order valence-electron chi connectivity index (χ0n) is 17.5. The van der Waals surface area contributed by atoms with Crippen LogP contribution in [-0.2, 0) is 6.42 Å². The molecule has 3 heterocycles. The second-order valence-corrected chi connectivity index (χ2v) is 8.47. The number of aliphatic hydroxyl groups is 1. The maximum absolute atomic E-state index is 13.8.